The zero-order valence-electron chi connectivity index (χ0n) is 10.9. The maximum Gasteiger partial charge on any atom is 0.224 e. The molecule has 5 nitrogen and oxygen atoms in total. The average molecular weight is 258 g/mol. The maximum absolute atomic E-state index is 12.1. The SMILES string of the molecule is O=C(CC1CCCCC1)Nc1cncc2[nH]cnc12. The number of hydrogen-bond acceptors (Lipinski definition) is 3. The van der Waals surface area contributed by atoms with Gasteiger partial charge in [-0.3, -0.25) is 9.78 Å². The molecule has 2 aromatic heterocycles. The zero-order valence-corrected chi connectivity index (χ0v) is 10.9. The summed E-state index contributed by atoms with van der Waals surface area (Å²) in [5.74, 6) is 0.615. The van der Waals surface area contributed by atoms with Gasteiger partial charge in [0.05, 0.1) is 29.9 Å². The monoisotopic (exact) mass is 258 g/mol. The van der Waals surface area contributed by atoms with Crippen molar-refractivity contribution in [2.24, 2.45) is 5.92 Å². The van der Waals surface area contributed by atoms with Crippen LogP contribution in [0.1, 0.15) is 38.5 Å². The van der Waals surface area contributed by atoms with Gasteiger partial charge in [-0.2, -0.15) is 0 Å². The largest absolute Gasteiger partial charge is 0.343 e. The summed E-state index contributed by atoms with van der Waals surface area (Å²) in [4.78, 5) is 23.4. The predicted octanol–water partition coefficient (Wildman–Crippen LogP) is 2.87. The Kier molecular flexibility index (Phi) is 3.44. The quantitative estimate of drug-likeness (QED) is 0.889. The maximum atomic E-state index is 12.1. The van der Waals surface area contributed by atoms with Gasteiger partial charge in [-0.1, -0.05) is 19.3 Å². The number of anilines is 1. The second-order valence-corrected chi connectivity index (χ2v) is 5.24. The summed E-state index contributed by atoms with van der Waals surface area (Å²) < 4.78 is 0. The van der Waals surface area contributed by atoms with Crippen LogP contribution in [0.3, 0.4) is 0 Å². The molecule has 0 spiro atoms. The van der Waals surface area contributed by atoms with Crippen LogP contribution in [-0.2, 0) is 4.79 Å². The van der Waals surface area contributed by atoms with Crippen LogP contribution in [0.25, 0.3) is 11.0 Å². The summed E-state index contributed by atoms with van der Waals surface area (Å²) >= 11 is 0. The van der Waals surface area contributed by atoms with Crippen molar-refractivity contribution in [3.63, 3.8) is 0 Å². The van der Waals surface area contributed by atoms with E-state index in [1.165, 1.54) is 32.1 Å². The molecule has 1 saturated carbocycles. The van der Waals surface area contributed by atoms with Gasteiger partial charge in [0, 0.05) is 6.42 Å². The van der Waals surface area contributed by atoms with Gasteiger partial charge in [0.25, 0.3) is 0 Å². The molecule has 100 valence electrons. The molecule has 0 unspecified atom stereocenters. The van der Waals surface area contributed by atoms with Crippen LogP contribution in [0.4, 0.5) is 5.69 Å². The first-order valence-electron chi connectivity index (χ1n) is 6.90. The number of rotatable bonds is 3. The second-order valence-electron chi connectivity index (χ2n) is 5.24. The van der Waals surface area contributed by atoms with Gasteiger partial charge in [-0.05, 0) is 18.8 Å². The Labute approximate surface area is 111 Å². The third kappa shape index (κ3) is 2.75. The second kappa shape index (κ2) is 5.38. The molecule has 1 fully saturated rings. The van der Waals surface area contributed by atoms with E-state index >= 15 is 0 Å². The van der Waals surface area contributed by atoms with Gasteiger partial charge in [-0.25, -0.2) is 4.98 Å². The normalized spacial score (nSPS) is 16.6. The molecule has 1 aliphatic carbocycles. The summed E-state index contributed by atoms with van der Waals surface area (Å²) in [6.45, 7) is 0. The summed E-state index contributed by atoms with van der Waals surface area (Å²) in [5.41, 5.74) is 2.31. The van der Waals surface area contributed by atoms with E-state index < -0.39 is 0 Å². The van der Waals surface area contributed by atoms with Crippen molar-refractivity contribution in [2.75, 3.05) is 5.32 Å². The molecule has 0 radical (unpaired) electrons. The van der Waals surface area contributed by atoms with Gasteiger partial charge in [0.15, 0.2) is 0 Å². The van der Waals surface area contributed by atoms with E-state index in [0.29, 0.717) is 18.0 Å². The first kappa shape index (κ1) is 12.1. The van der Waals surface area contributed by atoms with Crippen LogP contribution < -0.4 is 5.32 Å². The fraction of sp³-hybridized carbons (Fsp3) is 0.500. The fourth-order valence-electron chi connectivity index (χ4n) is 2.81. The van der Waals surface area contributed by atoms with Gasteiger partial charge < -0.3 is 10.3 Å². The highest BCUT2D eigenvalue weighted by Gasteiger charge is 2.17. The minimum atomic E-state index is 0.0733. The van der Waals surface area contributed by atoms with Crippen molar-refractivity contribution in [3.05, 3.63) is 18.7 Å². The molecule has 0 aromatic carbocycles. The number of carbonyl (C=O) groups is 1. The number of imidazole rings is 1. The molecule has 3 rings (SSSR count). The molecule has 1 aliphatic rings. The Morgan fingerprint density at radius 3 is 3.00 bits per heavy atom. The zero-order chi connectivity index (χ0) is 13.1. The van der Waals surface area contributed by atoms with Crippen LogP contribution >= 0.6 is 0 Å². The number of amides is 1. The van der Waals surface area contributed by atoms with Crippen molar-refractivity contribution in [1.29, 1.82) is 0 Å². The number of nitrogens with zero attached hydrogens (tertiary/aromatic N) is 2. The molecule has 0 atom stereocenters. The number of hydrogen-bond donors (Lipinski definition) is 2. The van der Waals surface area contributed by atoms with E-state index in [1.807, 2.05) is 0 Å². The smallest absolute Gasteiger partial charge is 0.224 e. The Morgan fingerprint density at radius 2 is 2.16 bits per heavy atom. The number of carbonyl (C=O) groups excluding carboxylic acids is 1. The Bertz CT molecular complexity index is 572. The lowest BCUT2D eigenvalue weighted by molar-refractivity contribution is -0.117. The summed E-state index contributed by atoms with van der Waals surface area (Å²) in [6.07, 6.45) is 11.8. The third-order valence-corrected chi connectivity index (χ3v) is 3.80. The third-order valence-electron chi connectivity index (χ3n) is 3.80. The lowest BCUT2D eigenvalue weighted by atomic mass is 9.87. The Morgan fingerprint density at radius 1 is 1.32 bits per heavy atom. The molecular weight excluding hydrogens is 240 g/mol. The molecule has 2 aromatic rings. The standard InChI is InChI=1S/C14H18N4O/c19-13(6-10-4-2-1-3-5-10)18-12-8-15-7-11-14(12)17-9-16-11/h7-10H,1-6H2,(H,16,17)(H,18,19). The predicted molar refractivity (Wildman–Crippen MR) is 73.7 cm³/mol. The molecule has 2 N–H and O–H groups in total. The molecule has 1 amide bonds. The first-order chi connectivity index (χ1) is 9.33. The van der Waals surface area contributed by atoms with Gasteiger partial charge in [0.1, 0.15) is 5.52 Å². The van der Waals surface area contributed by atoms with Crippen LogP contribution in [0.5, 0.6) is 0 Å². The van der Waals surface area contributed by atoms with Crippen molar-refractivity contribution < 1.29 is 4.79 Å². The molecule has 2 heterocycles. The first-order valence-corrected chi connectivity index (χ1v) is 6.90. The Balaban J connectivity index is 1.67. The number of aromatic amines is 1. The molecule has 19 heavy (non-hydrogen) atoms. The summed E-state index contributed by atoms with van der Waals surface area (Å²) in [5, 5.41) is 2.93. The highest BCUT2D eigenvalue weighted by molar-refractivity contribution is 5.98. The summed E-state index contributed by atoms with van der Waals surface area (Å²) in [6, 6.07) is 0. The van der Waals surface area contributed by atoms with Crippen molar-refractivity contribution in [1.82, 2.24) is 15.0 Å². The lowest BCUT2D eigenvalue weighted by Crippen LogP contribution is -2.18. The molecule has 0 aliphatic heterocycles. The van der Waals surface area contributed by atoms with Gasteiger partial charge >= 0.3 is 0 Å². The number of H-pyrrole nitrogens is 1. The average Bonchev–Trinajstić information content (AvgIpc) is 2.89. The van der Waals surface area contributed by atoms with E-state index in [0.717, 1.165) is 11.0 Å². The van der Waals surface area contributed by atoms with E-state index in [1.54, 1.807) is 18.7 Å². The number of pyridine rings is 1. The van der Waals surface area contributed by atoms with Gasteiger partial charge in [0.2, 0.25) is 5.91 Å². The summed E-state index contributed by atoms with van der Waals surface area (Å²) in [7, 11) is 0. The Hall–Kier alpha value is -1.91. The number of aromatic nitrogens is 3. The van der Waals surface area contributed by atoms with Crippen LogP contribution in [0, 0.1) is 5.92 Å². The lowest BCUT2D eigenvalue weighted by Gasteiger charge is -2.20. The number of fused-ring (bicyclic) bond motifs is 1. The van der Waals surface area contributed by atoms with E-state index in [4.69, 9.17) is 0 Å². The fourth-order valence-corrected chi connectivity index (χ4v) is 2.81. The van der Waals surface area contributed by atoms with Crippen LogP contribution in [-0.4, -0.2) is 20.9 Å². The minimum absolute atomic E-state index is 0.0733. The van der Waals surface area contributed by atoms with Gasteiger partial charge in [-0.15, -0.1) is 0 Å². The molecule has 0 bridgehead atoms. The topological polar surface area (TPSA) is 70.7 Å². The minimum Gasteiger partial charge on any atom is -0.343 e. The van der Waals surface area contributed by atoms with E-state index in [2.05, 4.69) is 20.3 Å². The highest BCUT2D eigenvalue weighted by Crippen LogP contribution is 2.27. The van der Waals surface area contributed by atoms with E-state index in [-0.39, 0.29) is 5.91 Å². The molecule has 5 heteroatoms. The van der Waals surface area contributed by atoms with Crippen LogP contribution in [0.2, 0.25) is 0 Å². The number of nitrogens with one attached hydrogen (secondary N) is 2. The highest BCUT2D eigenvalue weighted by atomic mass is 16.1. The van der Waals surface area contributed by atoms with E-state index in [9.17, 15) is 4.79 Å². The molecular formula is C14H18N4O. The van der Waals surface area contributed by atoms with Crippen molar-refractivity contribution in [2.45, 2.75) is 38.5 Å². The van der Waals surface area contributed by atoms with Crippen molar-refractivity contribution >= 4 is 22.6 Å². The van der Waals surface area contributed by atoms with Crippen LogP contribution in [0.15, 0.2) is 18.7 Å². The molecule has 0 saturated heterocycles. The van der Waals surface area contributed by atoms with Crippen molar-refractivity contribution in [3.8, 4) is 0 Å².